The molecular formula is C12H17Cl2N3O. The molecule has 6 heteroatoms. The molecule has 4 nitrogen and oxygen atoms in total. The number of aliphatic hydroxyl groups excluding tert-OH is 1. The number of aliphatic hydroxyl groups is 1. The van der Waals surface area contributed by atoms with Gasteiger partial charge in [-0.05, 0) is 18.9 Å². The zero-order chi connectivity index (χ0) is 13.3. The number of aromatic nitrogens is 1. The van der Waals surface area contributed by atoms with E-state index in [4.69, 9.17) is 28.9 Å². The highest BCUT2D eigenvalue weighted by Crippen LogP contribution is 2.33. The lowest BCUT2D eigenvalue weighted by molar-refractivity contribution is 0.106. The van der Waals surface area contributed by atoms with E-state index in [0.717, 1.165) is 25.7 Å². The molecule has 18 heavy (non-hydrogen) atoms. The van der Waals surface area contributed by atoms with E-state index < -0.39 is 0 Å². The number of pyridine rings is 1. The fraction of sp³-hybridized carbons (Fsp3) is 0.583. The standard InChI is InChI=1S/C12H17Cl2N3O/c1-17(9-4-2-3-5-10(9)18)12-8(14)6-7(13)11(15)16-12/h6,9-10,18H,2-5H2,1H3,(H2,15,16). The van der Waals surface area contributed by atoms with Crippen molar-refractivity contribution in [3.8, 4) is 0 Å². The molecule has 0 aliphatic heterocycles. The zero-order valence-corrected chi connectivity index (χ0v) is 11.7. The number of likely N-dealkylation sites (N-methyl/N-ethyl adjacent to an activating group) is 1. The molecule has 2 atom stereocenters. The predicted octanol–water partition coefficient (Wildman–Crippen LogP) is 2.71. The zero-order valence-electron chi connectivity index (χ0n) is 10.2. The molecule has 1 saturated carbocycles. The van der Waals surface area contributed by atoms with Crippen LogP contribution < -0.4 is 10.6 Å². The molecule has 2 rings (SSSR count). The highest BCUT2D eigenvalue weighted by atomic mass is 35.5. The Labute approximate surface area is 117 Å². The Hall–Kier alpha value is -0.710. The van der Waals surface area contributed by atoms with Crippen LogP contribution in [-0.2, 0) is 0 Å². The van der Waals surface area contributed by atoms with Gasteiger partial charge in [-0.15, -0.1) is 0 Å². The van der Waals surface area contributed by atoms with E-state index in [2.05, 4.69) is 4.98 Å². The number of hydrogen-bond acceptors (Lipinski definition) is 4. The normalized spacial score (nSPS) is 24.0. The van der Waals surface area contributed by atoms with Gasteiger partial charge in [0.25, 0.3) is 0 Å². The van der Waals surface area contributed by atoms with Crippen LogP contribution in [0.1, 0.15) is 25.7 Å². The quantitative estimate of drug-likeness (QED) is 0.879. The SMILES string of the molecule is CN(c1nc(N)c(Cl)cc1Cl)C1CCCCC1O. The maximum Gasteiger partial charge on any atom is 0.150 e. The van der Waals surface area contributed by atoms with Crippen molar-refractivity contribution in [1.82, 2.24) is 4.98 Å². The third-order valence-corrected chi connectivity index (χ3v) is 4.04. The smallest absolute Gasteiger partial charge is 0.150 e. The summed E-state index contributed by atoms with van der Waals surface area (Å²) < 4.78 is 0. The minimum absolute atomic E-state index is 0.0318. The monoisotopic (exact) mass is 289 g/mol. The molecule has 1 aliphatic rings. The molecule has 3 N–H and O–H groups in total. The molecule has 1 fully saturated rings. The number of nitrogens with zero attached hydrogens (tertiary/aromatic N) is 2. The van der Waals surface area contributed by atoms with Gasteiger partial charge in [-0.2, -0.15) is 0 Å². The number of anilines is 2. The second kappa shape index (κ2) is 5.51. The fourth-order valence-corrected chi connectivity index (χ4v) is 2.91. The van der Waals surface area contributed by atoms with E-state index >= 15 is 0 Å². The average molecular weight is 290 g/mol. The van der Waals surface area contributed by atoms with E-state index in [1.807, 2.05) is 11.9 Å². The van der Waals surface area contributed by atoms with Crippen LogP contribution in [0.2, 0.25) is 10.0 Å². The predicted molar refractivity (Wildman–Crippen MR) is 75.3 cm³/mol. The van der Waals surface area contributed by atoms with Crippen molar-refractivity contribution in [2.24, 2.45) is 0 Å². The molecule has 100 valence electrons. The first-order chi connectivity index (χ1) is 8.50. The van der Waals surface area contributed by atoms with Crippen molar-refractivity contribution in [3.05, 3.63) is 16.1 Å². The van der Waals surface area contributed by atoms with Crippen molar-refractivity contribution in [2.75, 3.05) is 17.7 Å². The second-order valence-electron chi connectivity index (χ2n) is 4.69. The summed E-state index contributed by atoms with van der Waals surface area (Å²) in [6.45, 7) is 0. The van der Waals surface area contributed by atoms with Crippen molar-refractivity contribution in [3.63, 3.8) is 0 Å². The van der Waals surface area contributed by atoms with Gasteiger partial charge < -0.3 is 15.7 Å². The summed E-state index contributed by atoms with van der Waals surface area (Å²) >= 11 is 12.0. The largest absolute Gasteiger partial charge is 0.391 e. The first-order valence-electron chi connectivity index (χ1n) is 6.03. The van der Waals surface area contributed by atoms with Gasteiger partial charge >= 0.3 is 0 Å². The highest BCUT2D eigenvalue weighted by Gasteiger charge is 2.28. The first-order valence-corrected chi connectivity index (χ1v) is 6.78. The topological polar surface area (TPSA) is 62.4 Å². The van der Waals surface area contributed by atoms with Crippen LogP contribution in [-0.4, -0.2) is 29.3 Å². The summed E-state index contributed by atoms with van der Waals surface area (Å²) in [6, 6.07) is 1.62. The number of nitrogen functional groups attached to an aromatic ring is 1. The Morgan fingerprint density at radius 3 is 2.67 bits per heavy atom. The van der Waals surface area contributed by atoms with E-state index in [1.165, 1.54) is 0 Å². The van der Waals surface area contributed by atoms with Gasteiger partial charge in [0.2, 0.25) is 0 Å². The molecule has 1 heterocycles. The Balaban J connectivity index is 2.27. The number of halogens is 2. The second-order valence-corrected chi connectivity index (χ2v) is 5.51. The van der Waals surface area contributed by atoms with Crippen LogP contribution in [0, 0.1) is 0 Å². The minimum atomic E-state index is -0.349. The first kappa shape index (κ1) is 13.7. The van der Waals surface area contributed by atoms with Crippen molar-refractivity contribution in [2.45, 2.75) is 37.8 Å². The van der Waals surface area contributed by atoms with Crippen LogP contribution in [0.5, 0.6) is 0 Å². The molecule has 0 bridgehead atoms. The highest BCUT2D eigenvalue weighted by molar-refractivity contribution is 6.37. The van der Waals surface area contributed by atoms with Crippen LogP contribution in [0.15, 0.2) is 6.07 Å². The third kappa shape index (κ3) is 2.66. The van der Waals surface area contributed by atoms with Crippen LogP contribution in [0.4, 0.5) is 11.6 Å². The van der Waals surface area contributed by atoms with Crippen molar-refractivity contribution >= 4 is 34.8 Å². The van der Waals surface area contributed by atoms with E-state index in [0.29, 0.717) is 15.9 Å². The summed E-state index contributed by atoms with van der Waals surface area (Å²) in [4.78, 5) is 6.11. The molecule has 2 unspecified atom stereocenters. The van der Waals surface area contributed by atoms with Gasteiger partial charge in [-0.25, -0.2) is 4.98 Å². The summed E-state index contributed by atoms with van der Waals surface area (Å²) in [5, 5.41) is 10.8. The molecule has 0 spiro atoms. The van der Waals surface area contributed by atoms with Gasteiger partial charge in [0.1, 0.15) is 11.6 Å². The lowest BCUT2D eigenvalue weighted by atomic mass is 9.91. The number of nitrogens with two attached hydrogens (primary N) is 1. The van der Waals surface area contributed by atoms with Gasteiger partial charge in [0, 0.05) is 7.05 Å². The molecule has 0 amide bonds. The summed E-state index contributed by atoms with van der Waals surface area (Å²) in [7, 11) is 1.88. The molecule has 0 saturated heterocycles. The molecule has 1 aliphatic carbocycles. The van der Waals surface area contributed by atoms with E-state index in [1.54, 1.807) is 6.07 Å². The Morgan fingerprint density at radius 1 is 1.33 bits per heavy atom. The maximum absolute atomic E-state index is 10.0. The van der Waals surface area contributed by atoms with Gasteiger partial charge in [-0.1, -0.05) is 36.0 Å². The van der Waals surface area contributed by atoms with E-state index in [9.17, 15) is 5.11 Å². The summed E-state index contributed by atoms with van der Waals surface area (Å²) in [5.74, 6) is 0.831. The van der Waals surface area contributed by atoms with Gasteiger partial charge in [0.15, 0.2) is 0 Å². The Bertz CT molecular complexity index is 442. The van der Waals surface area contributed by atoms with Crippen molar-refractivity contribution in [1.29, 1.82) is 0 Å². The molecule has 0 aromatic carbocycles. The van der Waals surface area contributed by atoms with Crippen LogP contribution >= 0.6 is 23.2 Å². The van der Waals surface area contributed by atoms with Crippen LogP contribution in [0.3, 0.4) is 0 Å². The molecule has 0 radical (unpaired) electrons. The van der Waals surface area contributed by atoms with Gasteiger partial charge in [0.05, 0.1) is 22.2 Å². The van der Waals surface area contributed by atoms with Crippen LogP contribution in [0.25, 0.3) is 0 Å². The Kier molecular flexibility index (Phi) is 4.20. The lowest BCUT2D eigenvalue weighted by Crippen LogP contribution is -2.44. The maximum atomic E-state index is 10.0. The number of rotatable bonds is 2. The minimum Gasteiger partial charge on any atom is -0.391 e. The van der Waals surface area contributed by atoms with E-state index in [-0.39, 0.29) is 18.0 Å². The van der Waals surface area contributed by atoms with Gasteiger partial charge in [-0.3, -0.25) is 0 Å². The fourth-order valence-electron chi connectivity index (χ4n) is 2.42. The lowest BCUT2D eigenvalue weighted by Gasteiger charge is -2.36. The van der Waals surface area contributed by atoms with Crippen molar-refractivity contribution < 1.29 is 5.11 Å². The summed E-state index contributed by atoms with van der Waals surface area (Å²) in [6.07, 6.45) is 3.56. The average Bonchev–Trinajstić information content (AvgIpc) is 2.33. The molecular weight excluding hydrogens is 273 g/mol. The molecule has 1 aromatic rings. The Morgan fingerprint density at radius 2 is 2.00 bits per heavy atom. The molecule has 1 aromatic heterocycles. The number of hydrogen-bond donors (Lipinski definition) is 2. The third-order valence-electron chi connectivity index (χ3n) is 3.46. The summed E-state index contributed by atoms with van der Waals surface area (Å²) in [5.41, 5.74) is 5.70.